The van der Waals surface area contributed by atoms with Crippen LogP contribution >= 0.6 is 23.3 Å². The number of aliphatic carboxylic acids is 1. The third kappa shape index (κ3) is 5.56. The summed E-state index contributed by atoms with van der Waals surface area (Å²) in [6.45, 7) is 2.19. The molecule has 0 saturated carbocycles. The Balaban J connectivity index is 0.00000216. The highest BCUT2D eigenvalue weighted by Gasteiger charge is 2.53. The number of anilines is 1. The first-order chi connectivity index (χ1) is 15.9. The molecule has 2 aromatic heterocycles. The number of aromatic nitrogens is 3. The number of hydrogen-bond donors (Lipinski definition) is 2. The summed E-state index contributed by atoms with van der Waals surface area (Å²) in [5.41, 5.74) is 5.75. The summed E-state index contributed by atoms with van der Waals surface area (Å²) in [7, 11) is 0. The Labute approximate surface area is 207 Å². The van der Waals surface area contributed by atoms with E-state index in [9.17, 15) is 19.5 Å². The molecule has 35 heavy (non-hydrogen) atoms. The molecular formula is C19H23N7O7S2. The van der Waals surface area contributed by atoms with Crippen molar-refractivity contribution in [2.24, 2.45) is 5.16 Å². The molecule has 188 valence electrons. The molecule has 0 aliphatic carbocycles. The molecule has 1 fully saturated rings. The molecule has 4 rings (SSSR count). The van der Waals surface area contributed by atoms with Gasteiger partial charge in [0.15, 0.2) is 24.1 Å². The highest BCUT2D eigenvalue weighted by atomic mass is 32.2. The number of nitrogens with zero attached hydrogens (tertiary/aromatic N) is 5. The predicted molar refractivity (Wildman–Crippen MR) is 123 cm³/mol. The zero-order valence-electron chi connectivity index (χ0n) is 18.3. The number of nitrogen functional groups attached to an aromatic ring is 1. The maximum absolute atomic E-state index is 12.9. The second kappa shape index (κ2) is 11.7. The molecule has 2 aromatic rings. The maximum atomic E-state index is 12.9. The van der Waals surface area contributed by atoms with Crippen LogP contribution in [0.2, 0.25) is 0 Å². The van der Waals surface area contributed by atoms with Crippen molar-refractivity contribution >= 4 is 51.9 Å². The van der Waals surface area contributed by atoms with E-state index in [1.165, 1.54) is 11.8 Å². The molecule has 14 nitrogen and oxygen atoms in total. The lowest BCUT2D eigenvalue weighted by Gasteiger charge is -2.50. The van der Waals surface area contributed by atoms with E-state index >= 15 is 0 Å². The number of carboxylic acid groups (broad SMARTS) is 1. The van der Waals surface area contributed by atoms with E-state index in [-0.39, 0.29) is 39.9 Å². The van der Waals surface area contributed by atoms with Gasteiger partial charge in [-0.1, -0.05) is 11.2 Å². The van der Waals surface area contributed by atoms with Crippen LogP contribution in [0, 0.1) is 0 Å². The molecule has 0 spiro atoms. The Hall–Kier alpha value is -3.60. The summed E-state index contributed by atoms with van der Waals surface area (Å²) in [5.74, 6) is -2.40. The number of nitrogens with two attached hydrogens (primary N) is 1. The minimum Gasteiger partial charge on any atom is -0.543 e. The molecule has 0 aromatic carbocycles. The number of pyridine rings is 1. The second-order valence-electron chi connectivity index (χ2n) is 6.96. The van der Waals surface area contributed by atoms with Gasteiger partial charge in [0.1, 0.15) is 18.0 Å². The number of amides is 2. The minimum absolute atomic E-state index is 0. The van der Waals surface area contributed by atoms with Gasteiger partial charge >= 0.3 is 0 Å². The smallest absolute Gasteiger partial charge is 0.278 e. The van der Waals surface area contributed by atoms with Crippen molar-refractivity contribution in [1.82, 2.24) is 19.6 Å². The number of nitrogens with one attached hydrogen (secondary N) is 1. The van der Waals surface area contributed by atoms with E-state index in [1.54, 1.807) is 19.3 Å². The standard InChI is InChI=1S/C19H19N7O5S2.2H2O/c1-2-31-23-11(14-22-19(20)33-24-14)15(27)21-12-16(28)26-13(18(29)30)10(9-32-17(12)26)8-25-6-4-3-5-7-25;;/h3-7,12,17H,2,8-9H2,1H3,(H3-,20,21,22,24,27,29,30);2*1H2/t12?,17-;;/m1../s1. The van der Waals surface area contributed by atoms with E-state index in [0.29, 0.717) is 17.9 Å². The van der Waals surface area contributed by atoms with Crippen LogP contribution in [0.5, 0.6) is 0 Å². The van der Waals surface area contributed by atoms with Crippen LogP contribution in [0.1, 0.15) is 12.7 Å². The van der Waals surface area contributed by atoms with Crippen molar-refractivity contribution in [3.05, 3.63) is 47.7 Å². The van der Waals surface area contributed by atoms with E-state index in [0.717, 1.165) is 16.4 Å². The van der Waals surface area contributed by atoms with Crippen molar-refractivity contribution in [2.45, 2.75) is 24.9 Å². The summed E-state index contributed by atoms with van der Waals surface area (Å²) >= 11 is 2.24. The average molecular weight is 526 g/mol. The van der Waals surface area contributed by atoms with Crippen LogP contribution < -0.4 is 20.7 Å². The van der Waals surface area contributed by atoms with E-state index in [4.69, 9.17) is 10.6 Å². The van der Waals surface area contributed by atoms with Gasteiger partial charge in [-0.3, -0.25) is 14.5 Å². The molecule has 7 N–H and O–H groups in total. The van der Waals surface area contributed by atoms with Gasteiger partial charge in [0.05, 0.1) is 11.7 Å². The van der Waals surface area contributed by atoms with Gasteiger partial charge in [0, 0.05) is 35.0 Å². The highest BCUT2D eigenvalue weighted by Crippen LogP contribution is 2.40. The lowest BCUT2D eigenvalue weighted by Crippen LogP contribution is -2.71. The van der Waals surface area contributed by atoms with Crippen LogP contribution in [0.25, 0.3) is 0 Å². The van der Waals surface area contributed by atoms with E-state index in [2.05, 4.69) is 19.8 Å². The van der Waals surface area contributed by atoms with Gasteiger partial charge in [0.2, 0.25) is 11.5 Å². The van der Waals surface area contributed by atoms with Crippen LogP contribution in [-0.2, 0) is 25.8 Å². The van der Waals surface area contributed by atoms with Gasteiger partial charge < -0.3 is 36.7 Å². The number of carbonyl (C=O) groups excluding carboxylic acids is 3. The Morgan fingerprint density at radius 3 is 2.66 bits per heavy atom. The molecule has 1 saturated heterocycles. The first kappa shape index (κ1) is 27.6. The van der Waals surface area contributed by atoms with Gasteiger partial charge in [0.25, 0.3) is 11.8 Å². The van der Waals surface area contributed by atoms with Gasteiger partial charge in [-0.2, -0.15) is 9.36 Å². The van der Waals surface area contributed by atoms with Gasteiger partial charge in [-0.25, -0.2) is 4.57 Å². The monoisotopic (exact) mass is 525 g/mol. The number of thioether (sulfide) groups is 1. The number of oxime groups is 1. The lowest BCUT2D eigenvalue weighted by atomic mass is 10.0. The third-order valence-corrected chi connectivity index (χ3v) is 6.71. The molecule has 1 unspecified atom stereocenters. The van der Waals surface area contributed by atoms with E-state index in [1.807, 2.05) is 22.8 Å². The maximum Gasteiger partial charge on any atom is 0.278 e. The molecule has 16 heteroatoms. The van der Waals surface area contributed by atoms with E-state index < -0.39 is 29.2 Å². The quantitative estimate of drug-likeness (QED) is 0.151. The van der Waals surface area contributed by atoms with Crippen LogP contribution in [0.3, 0.4) is 0 Å². The number of carbonyl (C=O) groups is 3. The number of carboxylic acids is 1. The molecule has 0 bridgehead atoms. The summed E-state index contributed by atoms with van der Waals surface area (Å²) in [6.07, 6.45) is 3.60. The van der Waals surface area contributed by atoms with Crippen molar-refractivity contribution in [2.75, 3.05) is 18.1 Å². The van der Waals surface area contributed by atoms with Gasteiger partial charge in [-0.05, 0) is 6.92 Å². The first-order valence-corrected chi connectivity index (χ1v) is 11.7. The zero-order valence-corrected chi connectivity index (χ0v) is 20.0. The van der Waals surface area contributed by atoms with Crippen LogP contribution in [-0.4, -0.2) is 72.5 Å². The third-order valence-electron chi connectivity index (χ3n) is 4.83. The Morgan fingerprint density at radius 2 is 2.06 bits per heavy atom. The van der Waals surface area contributed by atoms with Crippen molar-refractivity contribution in [3.8, 4) is 0 Å². The Kier molecular flexibility index (Phi) is 9.24. The normalized spacial score (nSPS) is 19.1. The summed E-state index contributed by atoms with van der Waals surface area (Å²) in [5, 5.41) is 17.8. The summed E-state index contributed by atoms with van der Waals surface area (Å²) in [4.78, 5) is 47.7. The molecular weight excluding hydrogens is 502 g/mol. The molecule has 2 atom stereocenters. The number of fused-ring (bicyclic) bond motifs is 1. The minimum atomic E-state index is -1.44. The van der Waals surface area contributed by atoms with Crippen molar-refractivity contribution in [1.29, 1.82) is 0 Å². The first-order valence-electron chi connectivity index (χ1n) is 9.83. The summed E-state index contributed by atoms with van der Waals surface area (Å²) < 4.78 is 5.78. The molecule has 2 aliphatic rings. The fourth-order valence-corrected chi connectivity index (χ4v) is 5.18. The SMILES string of the molecule is CCON=C(C(=O)NC1C(=O)N2C(C(=O)[O-])=C(C[n+]3ccccc3)CS[C@H]12)c1nsc(N)n1.O.O. The second-order valence-corrected chi connectivity index (χ2v) is 8.85. The average Bonchev–Trinajstić information content (AvgIpc) is 3.23. The largest absolute Gasteiger partial charge is 0.543 e. The summed E-state index contributed by atoms with van der Waals surface area (Å²) in [6, 6.07) is 4.54. The van der Waals surface area contributed by atoms with Gasteiger partial charge in [-0.15, -0.1) is 11.8 Å². The van der Waals surface area contributed by atoms with Crippen LogP contribution in [0.15, 0.2) is 47.0 Å². The fraction of sp³-hybridized carbons (Fsp3) is 0.316. The van der Waals surface area contributed by atoms with Crippen molar-refractivity contribution in [3.63, 3.8) is 0 Å². The fourth-order valence-electron chi connectivity index (χ4n) is 3.41. The Bertz CT molecular complexity index is 1160. The zero-order chi connectivity index (χ0) is 23.5. The molecule has 0 radical (unpaired) electrons. The predicted octanol–water partition coefficient (Wildman–Crippen LogP) is -3.40. The number of rotatable bonds is 8. The lowest BCUT2D eigenvalue weighted by molar-refractivity contribution is -0.689. The van der Waals surface area contributed by atoms with Crippen LogP contribution in [0.4, 0.5) is 5.13 Å². The Morgan fingerprint density at radius 1 is 1.34 bits per heavy atom. The van der Waals surface area contributed by atoms with Crippen molar-refractivity contribution < 1.29 is 39.8 Å². The topological polar surface area (TPSA) is 230 Å². The molecule has 2 amide bonds. The number of hydrogen-bond acceptors (Lipinski definition) is 11. The number of β-lactam (4-membered cyclic amide) rings is 1. The highest BCUT2D eigenvalue weighted by molar-refractivity contribution is 8.00. The molecule has 4 heterocycles. The molecule has 2 aliphatic heterocycles.